The van der Waals surface area contributed by atoms with Gasteiger partial charge in [-0.1, -0.05) is 42.5 Å². The Morgan fingerprint density at radius 2 is 1.75 bits per heavy atom. The monoisotopic (exact) mass is 446 g/mol. The lowest BCUT2D eigenvalue weighted by Gasteiger charge is -2.05. The molecule has 8 nitrogen and oxygen atoms in total. The summed E-state index contributed by atoms with van der Waals surface area (Å²) in [7, 11) is 0. The average Bonchev–Trinajstić information content (AvgIpc) is 3.26. The highest BCUT2D eigenvalue weighted by Crippen LogP contribution is 2.30. The minimum atomic E-state index is -0.531. The van der Waals surface area contributed by atoms with Crippen molar-refractivity contribution in [2.75, 3.05) is 11.9 Å². The Morgan fingerprint density at radius 1 is 1.00 bits per heavy atom. The number of thiazole rings is 1. The molecule has 3 aromatic carbocycles. The van der Waals surface area contributed by atoms with Gasteiger partial charge in [0.2, 0.25) is 5.91 Å². The Morgan fingerprint density at radius 3 is 2.53 bits per heavy atom. The van der Waals surface area contributed by atoms with Crippen LogP contribution >= 0.6 is 11.3 Å². The van der Waals surface area contributed by atoms with E-state index in [4.69, 9.17) is 0 Å². The first-order chi connectivity index (χ1) is 15.5. The number of non-ortho nitro benzene ring substituents is 1. The van der Waals surface area contributed by atoms with Gasteiger partial charge in [0.25, 0.3) is 11.6 Å². The lowest BCUT2D eigenvalue weighted by molar-refractivity contribution is -0.384. The molecule has 0 aliphatic heterocycles. The van der Waals surface area contributed by atoms with Crippen LogP contribution < -0.4 is 10.6 Å². The maximum Gasteiger partial charge on any atom is 0.269 e. The van der Waals surface area contributed by atoms with Crippen molar-refractivity contribution in [3.05, 3.63) is 87.8 Å². The third kappa shape index (κ3) is 4.79. The SMILES string of the molecule is O=C(CCNC(=O)c1ccc([N+](=O)[O-])cc1)Nc1nc(-c2cccc3ccccc23)cs1. The summed E-state index contributed by atoms with van der Waals surface area (Å²) in [6, 6.07) is 19.3. The Hall–Kier alpha value is -4.11. The Kier molecular flexibility index (Phi) is 6.18. The molecule has 2 amide bonds. The van der Waals surface area contributed by atoms with Crippen LogP contribution in [0.5, 0.6) is 0 Å². The zero-order chi connectivity index (χ0) is 22.5. The van der Waals surface area contributed by atoms with Gasteiger partial charge < -0.3 is 10.6 Å². The second-order valence-electron chi connectivity index (χ2n) is 6.92. The fourth-order valence-electron chi connectivity index (χ4n) is 3.21. The number of fused-ring (bicyclic) bond motifs is 1. The van der Waals surface area contributed by atoms with E-state index in [2.05, 4.69) is 15.6 Å². The van der Waals surface area contributed by atoms with Crippen LogP contribution in [-0.2, 0) is 4.79 Å². The number of nitro benzene ring substituents is 1. The average molecular weight is 446 g/mol. The van der Waals surface area contributed by atoms with Crippen LogP contribution in [0.25, 0.3) is 22.0 Å². The maximum absolute atomic E-state index is 12.2. The van der Waals surface area contributed by atoms with Gasteiger partial charge >= 0.3 is 0 Å². The summed E-state index contributed by atoms with van der Waals surface area (Å²) >= 11 is 1.34. The van der Waals surface area contributed by atoms with E-state index in [0.717, 1.165) is 22.0 Å². The second-order valence-corrected chi connectivity index (χ2v) is 7.78. The summed E-state index contributed by atoms with van der Waals surface area (Å²) in [6.07, 6.45) is 0.0713. The number of benzene rings is 3. The number of carbonyl (C=O) groups is 2. The summed E-state index contributed by atoms with van der Waals surface area (Å²) in [5, 5.41) is 20.7. The van der Waals surface area contributed by atoms with Crippen LogP contribution in [0.4, 0.5) is 10.8 Å². The molecule has 0 aliphatic rings. The predicted octanol–water partition coefficient (Wildman–Crippen LogP) is 4.63. The van der Waals surface area contributed by atoms with Crippen molar-refractivity contribution in [2.45, 2.75) is 6.42 Å². The van der Waals surface area contributed by atoms with E-state index in [-0.39, 0.29) is 30.1 Å². The standard InChI is InChI=1S/C23H18N4O4S/c28-21(12-13-24-22(29)16-8-10-17(11-9-16)27(30)31)26-23-25-20(14-32-23)19-7-3-5-15-4-1-2-6-18(15)19/h1-11,14H,12-13H2,(H,24,29)(H,25,26,28). The van der Waals surface area contributed by atoms with Crippen LogP contribution in [0.3, 0.4) is 0 Å². The molecule has 4 aromatic rings. The number of nitro groups is 1. The highest BCUT2D eigenvalue weighted by molar-refractivity contribution is 7.14. The minimum Gasteiger partial charge on any atom is -0.352 e. The summed E-state index contributed by atoms with van der Waals surface area (Å²) < 4.78 is 0. The molecule has 0 bridgehead atoms. The van der Waals surface area contributed by atoms with Gasteiger partial charge in [0.1, 0.15) is 0 Å². The topological polar surface area (TPSA) is 114 Å². The van der Waals surface area contributed by atoms with Gasteiger partial charge in [-0.3, -0.25) is 19.7 Å². The zero-order valence-electron chi connectivity index (χ0n) is 16.8. The summed E-state index contributed by atoms with van der Waals surface area (Å²) in [6.45, 7) is 0.128. The van der Waals surface area contributed by atoms with E-state index < -0.39 is 10.8 Å². The van der Waals surface area contributed by atoms with Gasteiger partial charge in [-0.25, -0.2) is 4.98 Å². The van der Waals surface area contributed by atoms with Gasteiger partial charge in [0.15, 0.2) is 5.13 Å². The van der Waals surface area contributed by atoms with Crippen LogP contribution in [0.15, 0.2) is 72.1 Å². The van der Waals surface area contributed by atoms with Crippen molar-refractivity contribution in [1.29, 1.82) is 0 Å². The molecule has 0 spiro atoms. The number of nitrogens with zero attached hydrogens (tertiary/aromatic N) is 2. The first-order valence-corrected chi connectivity index (χ1v) is 10.7. The molecular formula is C23H18N4O4S. The lowest BCUT2D eigenvalue weighted by atomic mass is 10.0. The molecule has 0 saturated carbocycles. The van der Waals surface area contributed by atoms with Crippen molar-refractivity contribution < 1.29 is 14.5 Å². The van der Waals surface area contributed by atoms with Gasteiger partial charge in [-0.05, 0) is 22.9 Å². The molecule has 2 N–H and O–H groups in total. The molecule has 32 heavy (non-hydrogen) atoms. The zero-order valence-corrected chi connectivity index (χ0v) is 17.6. The Labute approximate surface area is 187 Å². The fourth-order valence-corrected chi connectivity index (χ4v) is 3.94. The molecule has 0 atom stereocenters. The van der Waals surface area contributed by atoms with Crippen LogP contribution in [-0.4, -0.2) is 28.3 Å². The first kappa shape index (κ1) is 21.1. The molecule has 0 radical (unpaired) electrons. The fraction of sp³-hybridized carbons (Fsp3) is 0.0870. The quantitative estimate of drug-likeness (QED) is 0.317. The first-order valence-electron chi connectivity index (χ1n) is 9.77. The van der Waals surface area contributed by atoms with Gasteiger partial charge in [0.05, 0.1) is 10.6 Å². The smallest absolute Gasteiger partial charge is 0.269 e. The molecule has 0 fully saturated rings. The minimum absolute atomic E-state index is 0.0713. The molecule has 1 aromatic heterocycles. The summed E-state index contributed by atoms with van der Waals surface area (Å²) in [4.78, 5) is 39.0. The van der Waals surface area contributed by atoms with E-state index in [1.165, 1.54) is 35.6 Å². The molecule has 0 aliphatic carbocycles. The van der Waals surface area contributed by atoms with Crippen molar-refractivity contribution in [1.82, 2.24) is 10.3 Å². The third-order valence-electron chi connectivity index (χ3n) is 4.79. The molecule has 1 heterocycles. The molecule has 0 unspecified atom stereocenters. The van der Waals surface area contributed by atoms with E-state index in [9.17, 15) is 19.7 Å². The lowest BCUT2D eigenvalue weighted by Crippen LogP contribution is -2.27. The van der Waals surface area contributed by atoms with Crippen molar-refractivity contribution in [3.63, 3.8) is 0 Å². The largest absolute Gasteiger partial charge is 0.352 e. The predicted molar refractivity (Wildman–Crippen MR) is 124 cm³/mol. The molecule has 0 saturated heterocycles. The highest BCUT2D eigenvalue weighted by atomic mass is 32.1. The number of anilines is 1. The third-order valence-corrected chi connectivity index (χ3v) is 5.55. The number of rotatable bonds is 7. The van der Waals surface area contributed by atoms with E-state index in [1.807, 2.05) is 47.8 Å². The van der Waals surface area contributed by atoms with Crippen molar-refractivity contribution >= 4 is 44.7 Å². The number of amides is 2. The molecule has 4 rings (SSSR count). The van der Waals surface area contributed by atoms with Gasteiger partial charge in [0, 0.05) is 41.6 Å². The van der Waals surface area contributed by atoms with Crippen LogP contribution in [0.2, 0.25) is 0 Å². The van der Waals surface area contributed by atoms with Crippen molar-refractivity contribution in [3.8, 4) is 11.3 Å². The van der Waals surface area contributed by atoms with Gasteiger partial charge in [-0.2, -0.15) is 0 Å². The highest BCUT2D eigenvalue weighted by Gasteiger charge is 2.12. The van der Waals surface area contributed by atoms with E-state index in [1.54, 1.807) is 0 Å². The number of hydrogen-bond acceptors (Lipinski definition) is 6. The normalized spacial score (nSPS) is 10.6. The number of hydrogen-bond donors (Lipinski definition) is 2. The van der Waals surface area contributed by atoms with Gasteiger partial charge in [-0.15, -0.1) is 11.3 Å². The van der Waals surface area contributed by atoms with Crippen LogP contribution in [0, 0.1) is 10.1 Å². The van der Waals surface area contributed by atoms with Crippen molar-refractivity contribution in [2.24, 2.45) is 0 Å². The van der Waals surface area contributed by atoms with E-state index in [0.29, 0.717) is 5.13 Å². The summed E-state index contributed by atoms with van der Waals surface area (Å²) in [5.74, 6) is -0.673. The number of aromatic nitrogens is 1. The van der Waals surface area contributed by atoms with E-state index >= 15 is 0 Å². The van der Waals surface area contributed by atoms with Crippen LogP contribution in [0.1, 0.15) is 16.8 Å². The second kappa shape index (κ2) is 9.36. The molecule has 9 heteroatoms. The Bertz CT molecular complexity index is 1300. The number of carbonyl (C=O) groups excluding carboxylic acids is 2. The molecule has 160 valence electrons. The molecular weight excluding hydrogens is 428 g/mol. The summed E-state index contributed by atoms with van der Waals surface area (Å²) in [5.41, 5.74) is 1.98. The Balaban J connectivity index is 1.32. The maximum atomic E-state index is 12.2. The number of nitrogens with one attached hydrogen (secondary N) is 2.